The lowest BCUT2D eigenvalue weighted by Gasteiger charge is -2.25. The van der Waals surface area contributed by atoms with Gasteiger partial charge < -0.3 is 10.6 Å². The lowest BCUT2D eigenvalue weighted by molar-refractivity contribution is -0.118. The molecule has 3 heteroatoms. The maximum atomic E-state index is 12.1. The number of benzene rings is 1. The molecule has 0 radical (unpaired) electrons. The van der Waals surface area contributed by atoms with E-state index in [4.69, 9.17) is 5.73 Å². The molecule has 0 spiro atoms. The van der Waals surface area contributed by atoms with Crippen molar-refractivity contribution in [2.75, 3.05) is 11.9 Å². The van der Waals surface area contributed by atoms with Crippen molar-refractivity contribution in [3.63, 3.8) is 0 Å². The van der Waals surface area contributed by atoms with Gasteiger partial charge in [0, 0.05) is 25.2 Å². The van der Waals surface area contributed by atoms with Gasteiger partial charge >= 0.3 is 0 Å². The quantitative estimate of drug-likeness (QED) is 0.910. The third-order valence-electron chi connectivity index (χ3n) is 3.31. The van der Waals surface area contributed by atoms with Crippen molar-refractivity contribution in [3.05, 3.63) is 29.3 Å². The van der Waals surface area contributed by atoms with E-state index in [1.807, 2.05) is 20.9 Å². The van der Waals surface area contributed by atoms with Crippen LogP contribution in [0.1, 0.15) is 45.2 Å². The van der Waals surface area contributed by atoms with Crippen molar-refractivity contribution >= 4 is 11.6 Å². The van der Waals surface area contributed by atoms with Gasteiger partial charge in [0.25, 0.3) is 0 Å². The molecule has 0 saturated heterocycles. The molecule has 1 aromatic rings. The zero-order chi connectivity index (χ0) is 14.8. The van der Waals surface area contributed by atoms with E-state index < -0.39 is 0 Å². The van der Waals surface area contributed by atoms with Gasteiger partial charge in [-0.25, -0.2) is 0 Å². The first-order chi connectivity index (χ1) is 8.62. The fourth-order valence-corrected chi connectivity index (χ4v) is 1.98. The molecule has 0 heterocycles. The van der Waals surface area contributed by atoms with E-state index in [2.05, 4.69) is 39.0 Å². The molecule has 1 aromatic carbocycles. The van der Waals surface area contributed by atoms with Crippen LogP contribution in [0.25, 0.3) is 0 Å². The minimum atomic E-state index is -0.110. The maximum absolute atomic E-state index is 12.1. The van der Waals surface area contributed by atoms with Crippen molar-refractivity contribution < 1.29 is 4.79 Å². The van der Waals surface area contributed by atoms with Crippen LogP contribution in [0.15, 0.2) is 18.2 Å². The predicted octanol–water partition coefficient (Wildman–Crippen LogP) is 2.99. The molecule has 1 unspecified atom stereocenters. The molecule has 0 aliphatic carbocycles. The Balaban J connectivity index is 3.09. The summed E-state index contributed by atoms with van der Waals surface area (Å²) >= 11 is 0. The maximum Gasteiger partial charge on any atom is 0.228 e. The van der Waals surface area contributed by atoms with Crippen LogP contribution in [0.4, 0.5) is 5.69 Å². The van der Waals surface area contributed by atoms with Crippen molar-refractivity contribution in [1.29, 1.82) is 0 Å². The van der Waals surface area contributed by atoms with Gasteiger partial charge in [0.1, 0.15) is 0 Å². The van der Waals surface area contributed by atoms with Crippen LogP contribution in [0, 0.1) is 6.92 Å². The van der Waals surface area contributed by atoms with E-state index in [0.29, 0.717) is 6.42 Å². The van der Waals surface area contributed by atoms with Crippen LogP contribution in [-0.4, -0.2) is 19.0 Å². The summed E-state index contributed by atoms with van der Waals surface area (Å²) in [6.07, 6.45) is 0.371. The summed E-state index contributed by atoms with van der Waals surface area (Å²) in [5, 5.41) is 0. The van der Waals surface area contributed by atoms with E-state index in [9.17, 15) is 4.79 Å². The minimum absolute atomic E-state index is 0.0594. The van der Waals surface area contributed by atoms with Crippen molar-refractivity contribution in [3.8, 4) is 0 Å². The molecule has 0 saturated carbocycles. The number of hydrogen-bond donors (Lipinski definition) is 1. The van der Waals surface area contributed by atoms with Crippen LogP contribution in [-0.2, 0) is 10.2 Å². The lowest BCUT2D eigenvalue weighted by atomic mass is 9.86. The molecule has 1 rings (SSSR count). The van der Waals surface area contributed by atoms with Crippen LogP contribution in [0.5, 0.6) is 0 Å². The fourth-order valence-electron chi connectivity index (χ4n) is 1.98. The van der Waals surface area contributed by atoms with Crippen LogP contribution in [0.2, 0.25) is 0 Å². The third kappa shape index (κ3) is 4.06. The molecule has 1 amide bonds. The second-order valence-corrected chi connectivity index (χ2v) is 6.39. The molecule has 0 aromatic heterocycles. The highest BCUT2D eigenvalue weighted by atomic mass is 16.2. The number of nitrogens with zero attached hydrogens (tertiary/aromatic N) is 1. The number of carbonyl (C=O) groups is 1. The normalized spacial score (nSPS) is 13.2. The molecule has 19 heavy (non-hydrogen) atoms. The van der Waals surface area contributed by atoms with Crippen LogP contribution < -0.4 is 10.6 Å². The molecule has 0 aliphatic rings. The highest BCUT2D eigenvalue weighted by molar-refractivity contribution is 5.94. The molecule has 106 valence electrons. The van der Waals surface area contributed by atoms with Gasteiger partial charge in [-0.3, -0.25) is 4.79 Å². The SMILES string of the molecule is Cc1ccc(C(C)(C)C)cc1N(C)C(=O)CC(C)N. The molecular formula is C16H26N2O. The van der Waals surface area contributed by atoms with E-state index in [0.717, 1.165) is 11.3 Å². The van der Waals surface area contributed by atoms with Gasteiger partial charge in [-0.05, 0) is 36.5 Å². The van der Waals surface area contributed by atoms with Gasteiger partial charge in [0.05, 0.1) is 0 Å². The smallest absolute Gasteiger partial charge is 0.228 e. The Morgan fingerprint density at radius 3 is 2.42 bits per heavy atom. The summed E-state index contributed by atoms with van der Waals surface area (Å²) in [5.74, 6) is 0.0594. The number of carbonyl (C=O) groups excluding carboxylic acids is 1. The zero-order valence-corrected chi connectivity index (χ0v) is 12.9. The number of anilines is 1. The lowest BCUT2D eigenvalue weighted by Crippen LogP contribution is -2.32. The van der Waals surface area contributed by atoms with Gasteiger partial charge in [0.2, 0.25) is 5.91 Å². The molecule has 1 atom stereocenters. The Hall–Kier alpha value is -1.35. The number of amides is 1. The number of nitrogens with two attached hydrogens (primary N) is 1. The summed E-state index contributed by atoms with van der Waals surface area (Å²) in [6.45, 7) is 10.4. The summed E-state index contributed by atoms with van der Waals surface area (Å²) in [7, 11) is 1.82. The van der Waals surface area contributed by atoms with Crippen molar-refractivity contribution in [1.82, 2.24) is 0 Å². The zero-order valence-electron chi connectivity index (χ0n) is 12.9. The molecule has 0 fully saturated rings. The largest absolute Gasteiger partial charge is 0.327 e. The molecule has 0 bridgehead atoms. The first-order valence-corrected chi connectivity index (χ1v) is 6.76. The standard InChI is InChI=1S/C16H26N2O/c1-11-7-8-13(16(3,4)5)10-14(11)18(6)15(19)9-12(2)17/h7-8,10,12H,9,17H2,1-6H3. The summed E-state index contributed by atoms with van der Waals surface area (Å²) in [5.41, 5.74) is 9.08. The summed E-state index contributed by atoms with van der Waals surface area (Å²) in [6, 6.07) is 6.20. The van der Waals surface area contributed by atoms with Gasteiger partial charge in [-0.1, -0.05) is 32.9 Å². The number of rotatable bonds is 3. The third-order valence-corrected chi connectivity index (χ3v) is 3.31. The Labute approximate surface area is 116 Å². The van der Waals surface area contributed by atoms with Gasteiger partial charge in [-0.15, -0.1) is 0 Å². The molecule has 0 aliphatic heterocycles. The topological polar surface area (TPSA) is 46.3 Å². The Kier molecular flexibility index (Phi) is 4.75. The van der Waals surface area contributed by atoms with E-state index in [-0.39, 0.29) is 17.4 Å². The number of aryl methyl sites for hydroxylation is 1. The highest BCUT2D eigenvalue weighted by Crippen LogP contribution is 2.28. The van der Waals surface area contributed by atoms with Gasteiger partial charge in [0.15, 0.2) is 0 Å². The minimum Gasteiger partial charge on any atom is -0.327 e. The van der Waals surface area contributed by atoms with Crippen LogP contribution in [0.3, 0.4) is 0 Å². The Morgan fingerprint density at radius 2 is 1.95 bits per heavy atom. The first-order valence-electron chi connectivity index (χ1n) is 6.76. The highest BCUT2D eigenvalue weighted by Gasteiger charge is 2.19. The second kappa shape index (κ2) is 5.74. The van der Waals surface area contributed by atoms with E-state index in [1.54, 1.807) is 4.90 Å². The van der Waals surface area contributed by atoms with E-state index in [1.165, 1.54) is 5.56 Å². The molecular weight excluding hydrogens is 236 g/mol. The molecule has 3 nitrogen and oxygen atoms in total. The average Bonchev–Trinajstić information content (AvgIpc) is 2.26. The van der Waals surface area contributed by atoms with Crippen LogP contribution >= 0.6 is 0 Å². The summed E-state index contributed by atoms with van der Waals surface area (Å²) in [4.78, 5) is 13.8. The predicted molar refractivity (Wildman–Crippen MR) is 81.6 cm³/mol. The van der Waals surface area contributed by atoms with Crippen molar-refractivity contribution in [2.45, 2.75) is 52.5 Å². The second-order valence-electron chi connectivity index (χ2n) is 6.39. The van der Waals surface area contributed by atoms with Gasteiger partial charge in [-0.2, -0.15) is 0 Å². The monoisotopic (exact) mass is 262 g/mol. The molecule has 2 N–H and O–H groups in total. The van der Waals surface area contributed by atoms with Crippen molar-refractivity contribution in [2.24, 2.45) is 5.73 Å². The average molecular weight is 262 g/mol. The fraction of sp³-hybridized carbons (Fsp3) is 0.562. The number of hydrogen-bond acceptors (Lipinski definition) is 2. The Bertz CT molecular complexity index is 458. The summed E-state index contributed by atoms with van der Waals surface area (Å²) < 4.78 is 0. The van der Waals surface area contributed by atoms with E-state index >= 15 is 0 Å². The first kappa shape index (κ1) is 15.7. The Morgan fingerprint density at radius 1 is 1.37 bits per heavy atom.